The molecule has 0 bridgehead atoms. The van der Waals surface area contributed by atoms with E-state index in [0.29, 0.717) is 26.1 Å². The number of sulfonamides is 1. The fourth-order valence-corrected chi connectivity index (χ4v) is 5.01. The Bertz CT molecular complexity index is 660. The number of carbonyl (C=O) groups is 1. The highest BCUT2D eigenvalue weighted by Crippen LogP contribution is 2.27. The molecule has 1 atom stereocenters. The molecule has 1 aromatic rings. The molecule has 0 spiro atoms. The Kier molecular flexibility index (Phi) is 6.25. The van der Waals surface area contributed by atoms with Gasteiger partial charge < -0.3 is 10.6 Å². The van der Waals surface area contributed by atoms with Crippen LogP contribution in [0, 0.1) is 0 Å². The van der Waals surface area contributed by atoms with E-state index >= 15 is 0 Å². The summed E-state index contributed by atoms with van der Waals surface area (Å²) in [5, 5.41) is 0. The summed E-state index contributed by atoms with van der Waals surface area (Å²) in [6.07, 6.45) is 2.87. The molecular formula is C16H24ClN3O3S. The number of piperidine rings is 1. The number of nitrogens with two attached hydrogens (primary N) is 1. The summed E-state index contributed by atoms with van der Waals surface area (Å²) in [6.45, 7) is 1.65. The van der Waals surface area contributed by atoms with Crippen LogP contribution in [0.3, 0.4) is 0 Å². The van der Waals surface area contributed by atoms with E-state index in [1.807, 2.05) is 0 Å². The third-order valence-electron chi connectivity index (χ3n) is 4.69. The van der Waals surface area contributed by atoms with Crippen LogP contribution in [0.2, 0.25) is 0 Å². The third-order valence-corrected chi connectivity index (χ3v) is 6.61. The van der Waals surface area contributed by atoms with Gasteiger partial charge in [0.05, 0.1) is 4.90 Å². The van der Waals surface area contributed by atoms with Gasteiger partial charge in [0.25, 0.3) is 0 Å². The Morgan fingerprint density at radius 2 is 1.67 bits per heavy atom. The molecule has 2 N–H and O–H groups in total. The highest BCUT2D eigenvalue weighted by atomic mass is 35.5. The second-order valence-corrected chi connectivity index (χ2v) is 8.14. The largest absolute Gasteiger partial charge is 0.341 e. The predicted molar refractivity (Wildman–Crippen MR) is 94.4 cm³/mol. The van der Waals surface area contributed by atoms with Crippen molar-refractivity contribution in [2.45, 2.75) is 42.7 Å². The van der Waals surface area contributed by atoms with E-state index in [4.69, 9.17) is 5.73 Å². The summed E-state index contributed by atoms with van der Waals surface area (Å²) < 4.78 is 27.0. The number of benzene rings is 1. The lowest BCUT2D eigenvalue weighted by atomic mass is 10.0. The average molecular weight is 374 g/mol. The Morgan fingerprint density at radius 1 is 1.04 bits per heavy atom. The van der Waals surface area contributed by atoms with E-state index in [0.717, 1.165) is 19.3 Å². The standard InChI is InChI=1S/C16H23N3O3S.ClH/c17-13-8-11-18(12-9-13)16(20)15-7-4-10-19(15)23(21,22)14-5-2-1-3-6-14;/h1-3,5-6,13,15H,4,7-12,17H2;1H. The number of rotatable bonds is 3. The smallest absolute Gasteiger partial charge is 0.243 e. The van der Waals surface area contributed by atoms with Crippen LogP contribution in [0.25, 0.3) is 0 Å². The molecule has 134 valence electrons. The molecule has 0 aliphatic carbocycles. The molecule has 0 saturated carbocycles. The molecule has 2 saturated heterocycles. The maximum absolute atomic E-state index is 12.8. The van der Waals surface area contributed by atoms with Gasteiger partial charge in [0.1, 0.15) is 6.04 Å². The van der Waals surface area contributed by atoms with Crippen LogP contribution >= 0.6 is 12.4 Å². The number of carbonyl (C=O) groups excluding carboxylic acids is 1. The average Bonchev–Trinajstić information content (AvgIpc) is 3.06. The number of amides is 1. The van der Waals surface area contributed by atoms with Gasteiger partial charge in [-0.1, -0.05) is 18.2 Å². The minimum Gasteiger partial charge on any atom is -0.341 e. The molecule has 2 fully saturated rings. The summed E-state index contributed by atoms with van der Waals surface area (Å²) in [4.78, 5) is 14.8. The summed E-state index contributed by atoms with van der Waals surface area (Å²) in [6, 6.07) is 7.91. The van der Waals surface area contributed by atoms with Crippen molar-refractivity contribution in [1.29, 1.82) is 0 Å². The summed E-state index contributed by atoms with van der Waals surface area (Å²) in [5.74, 6) is -0.0751. The minimum atomic E-state index is -3.62. The molecule has 8 heteroatoms. The zero-order valence-electron chi connectivity index (χ0n) is 13.5. The van der Waals surface area contributed by atoms with E-state index in [1.165, 1.54) is 4.31 Å². The summed E-state index contributed by atoms with van der Waals surface area (Å²) in [7, 11) is -3.62. The van der Waals surface area contributed by atoms with Crippen LogP contribution in [0.5, 0.6) is 0 Å². The van der Waals surface area contributed by atoms with E-state index in [2.05, 4.69) is 0 Å². The van der Waals surface area contributed by atoms with Crippen molar-refractivity contribution in [1.82, 2.24) is 9.21 Å². The lowest BCUT2D eigenvalue weighted by Gasteiger charge is -2.34. The van der Waals surface area contributed by atoms with Gasteiger partial charge >= 0.3 is 0 Å². The lowest BCUT2D eigenvalue weighted by molar-refractivity contribution is -0.135. The first kappa shape index (κ1) is 19.2. The Balaban J connectivity index is 0.00000208. The first-order valence-corrected chi connectivity index (χ1v) is 9.55. The van der Waals surface area contributed by atoms with Gasteiger partial charge in [-0.05, 0) is 37.8 Å². The van der Waals surface area contributed by atoms with Crippen LogP contribution in [0.1, 0.15) is 25.7 Å². The molecular weight excluding hydrogens is 350 g/mol. The second-order valence-electron chi connectivity index (χ2n) is 6.25. The number of hydrogen-bond donors (Lipinski definition) is 1. The van der Waals surface area contributed by atoms with Crippen LogP contribution in [0.4, 0.5) is 0 Å². The van der Waals surface area contributed by atoms with Crippen LogP contribution in [0.15, 0.2) is 35.2 Å². The first-order valence-electron chi connectivity index (χ1n) is 8.11. The Hall–Kier alpha value is -1.15. The van der Waals surface area contributed by atoms with E-state index in [1.54, 1.807) is 35.2 Å². The third kappa shape index (κ3) is 3.74. The van der Waals surface area contributed by atoms with Gasteiger partial charge in [-0.3, -0.25) is 4.79 Å². The maximum atomic E-state index is 12.8. The SMILES string of the molecule is Cl.NC1CCN(C(=O)C2CCCN2S(=O)(=O)c2ccccc2)CC1. The number of halogens is 1. The lowest BCUT2D eigenvalue weighted by Crippen LogP contribution is -2.51. The topological polar surface area (TPSA) is 83.7 Å². The van der Waals surface area contributed by atoms with Crippen molar-refractivity contribution < 1.29 is 13.2 Å². The van der Waals surface area contributed by atoms with Crippen molar-refractivity contribution >= 4 is 28.3 Å². The van der Waals surface area contributed by atoms with Gasteiger partial charge in [0.15, 0.2) is 0 Å². The molecule has 2 aliphatic rings. The summed E-state index contributed by atoms with van der Waals surface area (Å²) in [5.41, 5.74) is 5.88. The molecule has 2 aliphatic heterocycles. The quantitative estimate of drug-likeness (QED) is 0.863. The zero-order valence-corrected chi connectivity index (χ0v) is 15.1. The Morgan fingerprint density at radius 3 is 2.29 bits per heavy atom. The Labute approximate surface area is 149 Å². The van der Waals surface area contributed by atoms with Crippen molar-refractivity contribution in [2.75, 3.05) is 19.6 Å². The number of nitrogens with zero attached hydrogens (tertiary/aromatic N) is 2. The van der Waals surface area contributed by atoms with Gasteiger partial charge in [-0.25, -0.2) is 8.42 Å². The number of hydrogen-bond acceptors (Lipinski definition) is 4. The fourth-order valence-electron chi connectivity index (χ4n) is 3.33. The van der Waals surface area contributed by atoms with Crippen molar-refractivity contribution in [3.05, 3.63) is 30.3 Å². The van der Waals surface area contributed by atoms with E-state index < -0.39 is 16.1 Å². The highest BCUT2D eigenvalue weighted by Gasteiger charge is 2.41. The molecule has 0 aromatic heterocycles. The van der Waals surface area contributed by atoms with E-state index in [-0.39, 0.29) is 29.3 Å². The van der Waals surface area contributed by atoms with Gasteiger partial charge in [0.2, 0.25) is 15.9 Å². The van der Waals surface area contributed by atoms with Gasteiger partial charge in [0, 0.05) is 25.7 Å². The van der Waals surface area contributed by atoms with E-state index in [9.17, 15) is 13.2 Å². The molecule has 24 heavy (non-hydrogen) atoms. The van der Waals surface area contributed by atoms with Crippen LogP contribution in [-0.2, 0) is 14.8 Å². The van der Waals surface area contributed by atoms with Crippen molar-refractivity contribution in [3.63, 3.8) is 0 Å². The maximum Gasteiger partial charge on any atom is 0.243 e. The fraction of sp³-hybridized carbons (Fsp3) is 0.562. The molecule has 0 radical (unpaired) electrons. The second kappa shape index (κ2) is 7.82. The van der Waals surface area contributed by atoms with Gasteiger partial charge in [-0.2, -0.15) is 4.31 Å². The van der Waals surface area contributed by atoms with Gasteiger partial charge in [-0.15, -0.1) is 12.4 Å². The minimum absolute atomic E-state index is 0. The molecule has 1 amide bonds. The van der Waals surface area contributed by atoms with Crippen LogP contribution in [-0.4, -0.2) is 55.2 Å². The zero-order chi connectivity index (χ0) is 16.4. The normalized spacial score (nSPS) is 23.0. The van der Waals surface area contributed by atoms with Crippen LogP contribution < -0.4 is 5.73 Å². The molecule has 3 rings (SSSR count). The monoisotopic (exact) mass is 373 g/mol. The predicted octanol–water partition coefficient (Wildman–Crippen LogP) is 1.21. The van der Waals surface area contributed by atoms with Crippen molar-refractivity contribution in [2.24, 2.45) is 5.73 Å². The molecule has 2 heterocycles. The first-order chi connectivity index (χ1) is 11.0. The van der Waals surface area contributed by atoms with Crippen molar-refractivity contribution in [3.8, 4) is 0 Å². The molecule has 1 unspecified atom stereocenters. The number of likely N-dealkylation sites (tertiary alicyclic amines) is 1. The molecule has 6 nitrogen and oxygen atoms in total. The highest BCUT2D eigenvalue weighted by molar-refractivity contribution is 7.89. The molecule has 1 aromatic carbocycles. The summed E-state index contributed by atoms with van der Waals surface area (Å²) >= 11 is 0.